The number of halogens is 2. The van der Waals surface area contributed by atoms with E-state index in [4.69, 9.17) is 23.2 Å². The van der Waals surface area contributed by atoms with Gasteiger partial charge in [0, 0.05) is 42.0 Å². The molecule has 0 radical (unpaired) electrons. The molecule has 0 aliphatic rings. The summed E-state index contributed by atoms with van der Waals surface area (Å²) >= 11 is 12.4. The highest BCUT2D eigenvalue weighted by Crippen LogP contribution is 2.22. The van der Waals surface area contributed by atoms with Gasteiger partial charge < -0.3 is 4.90 Å². The van der Waals surface area contributed by atoms with Crippen LogP contribution in [0.5, 0.6) is 0 Å². The first kappa shape index (κ1) is 23.4. The van der Waals surface area contributed by atoms with Crippen LogP contribution in [0.4, 0.5) is 5.69 Å². The molecule has 0 fully saturated rings. The molecule has 2 aromatic carbocycles. The Bertz CT molecular complexity index is 1150. The molecule has 32 heavy (non-hydrogen) atoms. The molecule has 166 valence electrons. The summed E-state index contributed by atoms with van der Waals surface area (Å²) in [5, 5.41) is 5.50. The SMILES string of the molecule is Cc1nn(Cc2ccc(Cl)cc2)c(Cl)c1/C=C/C(=O)NNC(=O)c1cccc(N(C)C)c1. The van der Waals surface area contributed by atoms with Crippen molar-refractivity contribution in [3.63, 3.8) is 0 Å². The summed E-state index contributed by atoms with van der Waals surface area (Å²) in [5.74, 6) is -0.913. The molecule has 0 bridgehead atoms. The second kappa shape index (κ2) is 10.3. The van der Waals surface area contributed by atoms with Gasteiger partial charge in [-0.1, -0.05) is 41.4 Å². The normalized spacial score (nSPS) is 10.9. The van der Waals surface area contributed by atoms with Gasteiger partial charge >= 0.3 is 0 Å². The number of aryl methyl sites for hydroxylation is 1. The highest BCUT2D eigenvalue weighted by Gasteiger charge is 2.12. The fraction of sp³-hybridized carbons (Fsp3) is 0.174. The van der Waals surface area contributed by atoms with Crippen molar-refractivity contribution in [2.45, 2.75) is 13.5 Å². The summed E-state index contributed by atoms with van der Waals surface area (Å²) in [6.07, 6.45) is 2.86. The highest BCUT2D eigenvalue weighted by molar-refractivity contribution is 6.31. The van der Waals surface area contributed by atoms with Crippen LogP contribution in [0.2, 0.25) is 10.2 Å². The first-order valence-corrected chi connectivity index (χ1v) is 10.5. The Labute approximate surface area is 196 Å². The smallest absolute Gasteiger partial charge is 0.269 e. The van der Waals surface area contributed by atoms with E-state index in [1.165, 1.54) is 6.08 Å². The molecule has 0 spiro atoms. The van der Waals surface area contributed by atoms with Gasteiger partial charge in [0.15, 0.2) is 0 Å². The number of carbonyl (C=O) groups is 2. The van der Waals surface area contributed by atoms with E-state index in [2.05, 4.69) is 16.0 Å². The van der Waals surface area contributed by atoms with Crippen molar-refractivity contribution in [1.82, 2.24) is 20.6 Å². The lowest BCUT2D eigenvalue weighted by atomic mass is 10.2. The van der Waals surface area contributed by atoms with Crippen molar-refractivity contribution in [3.8, 4) is 0 Å². The van der Waals surface area contributed by atoms with Crippen LogP contribution in [-0.2, 0) is 11.3 Å². The van der Waals surface area contributed by atoms with Crippen LogP contribution in [0.15, 0.2) is 54.6 Å². The molecule has 0 aliphatic heterocycles. The number of benzene rings is 2. The third-order valence-corrected chi connectivity index (χ3v) is 5.33. The summed E-state index contributed by atoms with van der Waals surface area (Å²) < 4.78 is 1.65. The topological polar surface area (TPSA) is 79.3 Å². The number of hydrogen-bond acceptors (Lipinski definition) is 4. The van der Waals surface area contributed by atoms with Crippen molar-refractivity contribution in [3.05, 3.63) is 87.2 Å². The third kappa shape index (κ3) is 5.90. The molecule has 0 saturated heterocycles. The zero-order valence-electron chi connectivity index (χ0n) is 17.9. The minimum atomic E-state index is -0.497. The van der Waals surface area contributed by atoms with Crippen molar-refractivity contribution in [2.24, 2.45) is 0 Å². The molecule has 0 saturated carbocycles. The lowest BCUT2D eigenvalue weighted by Gasteiger charge is -2.13. The van der Waals surface area contributed by atoms with E-state index < -0.39 is 11.8 Å². The van der Waals surface area contributed by atoms with E-state index in [1.807, 2.05) is 37.2 Å². The van der Waals surface area contributed by atoms with E-state index >= 15 is 0 Å². The Morgan fingerprint density at radius 1 is 1.09 bits per heavy atom. The van der Waals surface area contributed by atoms with Gasteiger partial charge in [-0.3, -0.25) is 20.4 Å². The maximum atomic E-state index is 12.3. The number of hydrogen-bond donors (Lipinski definition) is 2. The van der Waals surface area contributed by atoms with E-state index in [0.29, 0.717) is 33.5 Å². The number of nitrogens with zero attached hydrogens (tertiary/aromatic N) is 3. The minimum Gasteiger partial charge on any atom is -0.378 e. The number of anilines is 1. The zero-order chi connectivity index (χ0) is 23.3. The molecule has 2 N–H and O–H groups in total. The van der Waals surface area contributed by atoms with E-state index in [0.717, 1.165) is 11.3 Å². The van der Waals surface area contributed by atoms with Gasteiger partial charge in [-0.2, -0.15) is 5.10 Å². The van der Waals surface area contributed by atoms with Gasteiger partial charge in [0.1, 0.15) is 5.15 Å². The first-order valence-electron chi connectivity index (χ1n) is 9.77. The van der Waals surface area contributed by atoms with Crippen molar-refractivity contribution >= 4 is 46.8 Å². The quantitative estimate of drug-likeness (QED) is 0.419. The molecule has 0 aliphatic carbocycles. The molecule has 2 amide bonds. The lowest BCUT2D eigenvalue weighted by molar-refractivity contribution is -0.117. The predicted molar refractivity (Wildman–Crippen MR) is 128 cm³/mol. The second-order valence-electron chi connectivity index (χ2n) is 7.30. The number of nitrogens with one attached hydrogen (secondary N) is 2. The fourth-order valence-electron chi connectivity index (χ4n) is 2.94. The predicted octanol–water partition coefficient (Wildman–Crippen LogP) is 4.09. The van der Waals surface area contributed by atoms with E-state index in [9.17, 15) is 9.59 Å². The van der Waals surface area contributed by atoms with E-state index in [-0.39, 0.29) is 0 Å². The summed E-state index contributed by atoms with van der Waals surface area (Å²) in [7, 11) is 3.77. The van der Waals surface area contributed by atoms with Gasteiger partial charge in [0.2, 0.25) is 0 Å². The molecular formula is C23H23Cl2N5O2. The van der Waals surface area contributed by atoms with Crippen molar-refractivity contribution < 1.29 is 9.59 Å². The molecule has 0 atom stereocenters. The third-order valence-electron chi connectivity index (χ3n) is 4.68. The molecule has 1 heterocycles. The zero-order valence-corrected chi connectivity index (χ0v) is 19.4. The molecular weight excluding hydrogens is 449 g/mol. The average molecular weight is 472 g/mol. The largest absolute Gasteiger partial charge is 0.378 e. The summed E-state index contributed by atoms with van der Waals surface area (Å²) in [6.45, 7) is 2.28. The highest BCUT2D eigenvalue weighted by atomic mass is 35.5. The Hall–Kier alpha value is -3.29. The fourth-order valence-corrected chi connectivity index (χ4v) is 3.36. The van der Waals surface area contributed by atoms with Gasteiger partial charge in [-0.05, 0) is 48.9 Å². The number of aromatic nitrogens is 2. The summed E-state index contributed by atoms with van der Waals surface area (Å²) in [5.41, 5.74) is 8.38. The maximum Gasteiger partial charge on any atom is 0.269 e. The van der Waals surface area contributed by atoms with Crippen molar-refractivity contribution in [1.29, 1.82) is 0 Å². The Morgan fingerprint density at radius 3 is 2.50 bits per heavy atom. The van der Waals surface area contributed by atoms with Gasteiger partial charge in [-0.25, -0.2) is 4.68 Å². The maximum absolute atomic E-state index is 12.3. The van der Waals surface area contributed by atoms with E-state index in [1.54, 1.807) is 48.0 Å². The standard InChI is InChI=1S/C23H23Cl2N5O2/c1-15-20(22(25)30(28-15)14-16-7-9-18(24)10-8-16)11-12-21(31)26-27-23(32)17-5-4-6-19(13-17)29(2)3/h4-13H,14H2,1-3H3,(H,26,31)(H,27,32)/b12-11+. The second-order valence-corrected chi connectivity index (χ2v) is 8.09. The van der Waals surface area contributed by atoms with Gasteiger partial charge in [0.05, 0.1) is 12.2 Å². The van der Waals surface area contributed by atoms with Crippen LogP contribution < -0.4 is 15.8 Å². The van der Waals surface area contributed by atoms with Crippen LogP contribution in [0.25, 0.3) is 6.08 Å². The summed E-state index contributed by atoms with van der Waals surface area (Å²) in [4.78, 5) is 26.4. The first-order chi connectivity index (χ1) is 15.2. The van der Waals surface area contributed by atoms with Crippen molar-refractivity contribution in [2.75, 3.05) is 19.0 Å². The number of carbonyl (C=O) groups excluding carboxylic acids is 2. The molecule has 3 rings (SSSR count). The van der Waals surface area contributed by atoms with Crippen LogP contribution in [0.3, 0.4) is 0 Å². The molecule has 7 nitrogen and oxygen atoms in total. The lowest BCUT2D eigenvalue weighted by Crippen LogP contribution is -2.40. The summed E-state index contributed by atoms with van der Waals surface area (Å²) in [6, 6.07) is 14.5. The molecule has 3 aromatic rings. The van der Waals surface area contributed by atoms with Gasteiger partial charge in [-0.15, -0.1) is 0 Å². The van der Waals surface area contributed by atoms with Crippen LogP contribution >= 0.6 is 23.2 Å². The number of hydrazine groups is 1. The Kier molecular flexibility index (Phi) is 7.56. The average Bonchev–Trinajstić information content (AvgIpc) is 3.04. The number of amides is 2. The Morgan fingerprint density at radius 2 is 1.81 bits per heavy atom. The minimum absolute atomic E-state index is 0.408. The van der Waals surface area contributed by atoms with Crippen LogP contribution in [0, 0.1) is 6.92 Å². The molecule has 9 heteroatoms. The van der Waals surface area contributed by atoms with Crippen LogP contribution in [-0.4, -0.2) is 35.7 Å². The Balaban J connectivity index is 1.61. The monoisotopic (exact) mass is 471 g/mol. The number of rotatable bonds is 6. The van der Waals surface area contributed by atoms with Crippen LogP contribution in [0.1, 0.15) is 27.2 Å². The van der Waals surface area contributed by atoms with Gasteiger partial charge in [0.25, 0.3) is 11.8 Å². The molecule has 0 unspecified atom stereocenters. The molecule has 1 aromatic heterocycles.